The average Bonchev–Trinajstić information content (AvgIpc) is 2.58. The van der Waals surface area contributed by atoms with Gasteiger partial charge in [-0.1, -0.05) is 0 Å². The highest BCUT2D eigenvalue weighted by Gasteiger charge is 2.21. The third kappa shape index (κ3) is 1.83. The van der Waals surface area contributed by atoms with Crippen LogP contribution in [-0.4, -0.2) is 19.6 Å². The van der Waals surface area contributed by atoms with Gasteiger partial charge in [-0.2, -0.15) is 0 Å². The van der Waals surface area contributed by atoms with Gasteiger partial charge in [0.05, 0.1) is 22.9 Å². The predicted octanol–water partition coefficient (Wildman–Crippen LogP) is -1.71. The highest BCUT2D eigenvalue weighted by Crippen LogP contribution is 2.10. The first-order valence-corrected chi connectivity index (χ1v) is 4.33. The number of nitrogen functional groups attached to an aromatic ring is 2. The van der Waals surface area contributed by atoms with E-state index in [1.807, 2.05) is 10.9 Å². The molecular formula is C5H7IN6O2. The van der Waals surface area contributed by atoms with E-state index in [2.05, 4.69) is 4.98 Å². The van der Waals surface area contributed by atoms with Crippen molar-refractivity contribution in [1.29, 1.82) is 0 Å². The van der Waals surface area contributed by atoms with Gasteiger partial charge >= 0.3 is 0 Å². The van der Waals surface area contributed by atoms with Gasteiger partial charge in [-0.15, -0.1) is 0 Å². The minimum atomic E-state index is -0.654. The number of nitrogens with zero attached hydrogens (tertiary/aromatic N) is 2. The fourth-order valence-corrected chi connectivity index (χ4v) is 1.41. The summed E-state index contributed by atoms with van der Waals surface area (Å²) in [6, 6.07) is 0. The van der Waals surface area contributed by atoms with E-state index in [0.717, 1.165) is 0 Å². The largest absolute Gasteiger partial charge is 0.289 e. The molecule has 8 nitrogen and oxygen atoms in total. The van der Waals surface area contributed by atoms with E-state index in [0.29, 0.717) is 0 Å². The van der Waals surface area contributed by atoms with Crippen molar-refractivity contribution in [2.24, 2.45) is 11.7 Å². The zero-order valence-corrected chi connectivity index (χ0v) is 8.98. The minimum Gasteiger partial charge on any atom is -0.289 e. The summed E-state index contributed by atoms with van der Waals surface area (Å²) < 4.78 is 1.34. The van der Waals surface area contributed by atoms with Crippen LogP contribution in [0.4, 0.5) is 0 Å². The maximum atomic E-state index is 11.2. The molecule has 0 aliphatic heterocycles. The molecule has 0 aliphatic rings. The monoisotopic (exact) mass is 310 g/mol. The topological polar surface area (TPSA) is 128 Å². The quantitative estimate of drug-likeness (QED) is 0.224. The average molecular weight is 310 g/mol. The molecule has 0 fully saturated rings. The number of rotatable bonds is 2. The molecule has 0 atom stereocenters. The van der Waals surface area contributed by atoms with Crippen LogP contribution in [0.25, 0.3) is 0 Å². The molecule has 0 radical (unpaired) electrons. The van der Waals surface area contributed by atoms with E-state index in [-0.39, 0.29) is 11.4 Å². The Kier molecular flexibility index (Phi) is 3.38. The molecule has 6 N–H and O–H groups in total. The van der Waals surface area contributed by atoms with Crippen LogP contribution in [0.5, 0.6) is 0 Å². The van der Waals surface area contributed by atoms with E-state index in [1.165, 1.54) is 9.11 Å². The molecule has 14 heavy (non-hydrogen) atoms. The summed E-state index contributed by atoms with van der Waals surface area (Å²) in [6.45, 7) is 0. The Balaban J connectivity index is 3.19. The van der Waals surface area contributed by atoms with Gasteiger partial charge in [0.1, 0.15) is 12.0 Å². The standard InChI is InChI=1S/C5H7IN6O2/c6-12-1-9-2(4(13)10-7)3(12)5(14)11-8/h1H,7-8H2,(H,10,13)(H,11,14). The van der Waals surface area contributed by atoms with Crippen molar-refractivity contribution in [2.75, 3.05) is 0 Å². The third-order valence-electron chi connectivity index (χ3n) is 1.42. The number of aromatic nitrogens is 2. The number of carbonyl (C=O) groups is 2. The Hall–Kier alpha value is -1.20. The molecule has 1 rings (SSSR count). The Bertz CT molecular complexity index is 374. The van der Waals surface area contributed by atoms with Gasteiger partial charge < -0.3 is 0 Å². The lowest BCUT2D eigenvalue weighted by molar-refractivity contribution is 0.0914. The molecule has 2 amide bonds. The zero-order chi connectivity index (χ0) is 10.7. The van der Waals surface area contributed by atoms with Crippen LogP contribution in [-0.2, 0) is 0 Å². The van der Waals surface area contributed by atoms with Crippen molar-refractivity contribution >= 4 is 34.7 Å². The van der Waals surface area contributed by atoms with Crippen molar-refractivity contribution in [3.05, 3.63) is 17.7 Å². The lowest BCUT2D eigenvalue weighted by Gasteiger charge is -2.01. The Morgan fingerprint density at radius 2 is 1.93 bits per heavy atom. The van der Waals surface area contributed by atoms with E-state index in [9.17, 15) is 9.59 Å². The van der Waals surface area contributed by atoms with Gasteiger partial charge in [0.25, 0.3) is 11.8 Å². The number of imidazole rings is 1. The molecule has 1 aromatic heterocycles. The van der Waals surface area contributed by atoms with Crippen molar-refractivity contribution in [3.8, 4) is 0 Å². The second kappa shape index (κ2) is 4.34. The molecule has 0 aromatic carbocycles. The molecule has 0 unspecified atom stereocenters. The van der Waals surface area contributed by atoms with Crippen molar-refractivity contribution in [1.82, 2.24) is 18.6 Å². The molecule has 0 saturated heterocycles. The summed E-state index contributed by atoms with van der Waals surface area (Å²) in [4.78, 5) is 26.0. The number of halogens is 1. The first-order valence-electron chi connectivity index (χ1n) is 3.37. The zero-order valence-electron chi connectivity index (χ0n) is 6.82. The van der Waals surface area contributed by atoms with Crippen molar-refractivity contribution in [3.63, 3.8) is 0 Å². The van der Waals surface area contributed by atoms with Crippen LogP contribution in [0, 0.1) is 0 Å². The molecule has 0 spiro atoms. The number of hydrogen-bond donors (Lipinski definition) is 4. The summed E-state index contributed by atoms with van der Waals surface area (Å²) >= 11 is 1.79. The molecule has 1 heterocycles. The smallest absolute Gasteiger partial charge is 0.286 e. The first kappa shape index (κ1) is 10.9. The fraction of sp³-hybridized carbons (Fsp3) is 0. The molecule has 9 heteroatoms. The minimum absolute atomic E-state index is 0.0380. The normalized spacial score (nSPS) is 9.64. The third-order valence-corrected chi connectivity index (χ3v) is 2.15. The molecule has 0 saturated carbocycles. The van der Waals surface area contributed by atoms with Gasteiger partial charge in [0, 0.05) is 0 Å². The lowest BCUT2D eigenvalue weighted by Crippen LogP contribution is -2.35. The molecular weight excluding hydrogens is 303 g/mol. The van der Waals surface area contributed by atoms with Gasteiger partial charge in [-0.3, -0.25) is 23.2 Å². The number of nitrogens with one attached hydrogen (secondary N) is 2. The molecule has 1 aromatic rings. The number of hydrazine groups is 2. The fourth-order valence-electron chi connectivity index (χ4n) is 0.836. The van der Waals surface area contributed by atoms with Crippen LogP contribution < -0.4 is 22.5 Å². The number of nitrogens with two attached hydrogens (primary N) is 2. The van der Waals surface area contributed by atoms with E-state index < -0.39 is 11.8 Å². The van der Waals surface area contributed by atoms with Crippen molar-refractivity contribution < 1.29 is 9.59 Å². The summed E-state index contributed by atoms with van der Waals surface area (Å²) in [7, 11) is 0. The van der Waals surface area contributed by atoms with Crippen LogP contribution in [0.3, 0.4) is 0 Å². The van der Waals surface area contributed by atoms with Crippen LogP contribution in [0.2, 0.25) is 0 Å². The predicted molar refractivity (Wildman–Crippen MR) is 55.0 cm³/mol. The summed E-state index contributed by atoms with van der Waals surface area (Å²) in [5.74, 6) is 8.58. The molecule has 76 valence electrons. The highest BCUT2D eigenvalue weighted by molar-refractivity contribution is 14.1. The number of carbonyl (C=O) groups excluding carboxylic acids is 2. The maximum Gasteiger partial charge on any atom is 0.286 e. The summed E-state index contributed by atoms with van der Waals surface area (Å²) in [5, 5.41) is 0. The maximum absolute atomic E-state index is 11.2. The van der Waals surface area contributed by atoms with E-state index >= 15 is 0 Å². The van der Waals surface area contributed by atoms with Crippen LogP contribution in [0.15, 0.2) is 6.33 Å². The van der Waals surface area contributed by atoms with E-state index in [4.69, 9.17) is 11.7 Å². The summed E-state index contributed by atoms with van der Waals surface area (Å²) in [5.41, 5.74) is 3.74. The van der Waals surface area contributed by atoms with Gasteiger partial charge in [-0.05, 0) is 0 Å². The highest BCUT2D eigenvalue weighted by atomic mass is 127. The Morgan fingerprint density at radius 3 is 2.43 bits per heavy atom. The van der Waals surface area contributed by atoms with Crippen LogP contribution >= 0.6 is 22.9 Å². The number of hydrogen-bond acceptors (Lipinski definition) is 5. The first-order chi connectivity index (χ1) is 6.61. The molecule has 0 aliphatic carbocycles. The van der Waals surface area contributed by atoms with Crippen molar-refractivity contribution in [2.45, 2.75) is 0 Å². The Labute approximate surface area is 92.5 Å². The lowest BCUT2D eigenvalue weighted by atomic mass is 10.3. The second-order valence-corrected chi connectivity index (χ2v) is 3.24. The summed E-state index contributed by atoms with van der Waals surface area (Å²) in [6.07, 6.45) is 1.30. The Morgan fingerprint density at radius 1 is 1.36 bits per heavy atom. The van der Waals surface area contributed by atoms with Gasteiger partial charge in [-0.25, -0.2) is 16.7 Å². The second-order valence-electron chi connectivity index (χ2n) is 2.20. The van der Waals surface area contributed by atoms with E-state index in [1.54, 1.807) is 22.9 Å². The molecule has 0 bridgehead atoms. The van der Waals surface area contributed by atoms with Gasteiger partial charge in [0.2, 0.25) is 0 Å². The van der Waals surface area contributed by atoms with Gasteiger partial charge in [0.15, 0.2) is 5.69 Å². The van der Waals surface area contributed by atoms with Crippen LogP contribution in [0.1, 0.15) is 21.0 Å². The number of amides is 2. The SMILES string of the molecule is NNC(=O)c1ncn(I)c1C(=O)NN.